The fourth-order valence-electron chi connectivity index (χ4n) is 4.91. The summed E-state index contributed by atoms with van der Waals surface area (Å²) in [7, 11) is 0. The number of carbonyl (C=O) groups is 2. The molecule has 0 aromatic heterocycles. The molecule has 37 heavy (non-hydrogen) atoms. The van der Waals surface area contributed by atoms with Gasteiger partial charge in [-0.2, -0.15) is 0 Å². The second kappa shape index (κ2) is 9.70. The molecule has 1 aliphatic rings. The van der Waals surface area contributed by atoms with Gasteiger partial charge in [0.05, 0.1) is 11.1 Å². The zero-order chi connectivity index (χ0) is 26.2. The first kappa shape index (κ1) is 24.5. The highest BCUT2D eigenvalue weighted by molar-refractivity contribution is 5.92. The Morgan fingerprint density at radius 3 is 1.32 bits per heavy atom. The largest absolute Gasteiger partial charge is 0.423 e. The SMILES string of the molecule is CCc1ccc(C(=O)Oc2ccc3c(c2)C(C)(C)c2cc(OC(=O)c4ccc(CC)cc4)ccc2-3)cc1. The molecule has 0 fully saturated rings. The Morgan fingerprint density at radius 2 is 0.973 bits per heavy atom. The van der Waals surface area contributed by atoms with Gasteiger partial charge in [-0.25, -0.2) is 9.59 Å². The van der Waals surface area contributed by atoms with Crippen molar-refractivity contribution in [3.63, 3.8) is 0 Å². The smallest absolute Gasteiger partial charge is 0.343 e. The van der Waals surface area contributed by atoms with Gasteiger partial charge in [0.1, 0.15) is 11.5 Å². The summed E-state index contributed by atoms with van der Waals surface area (Å²) in [5, 5.41) is 0. The molecule has 0 heterocycles. The van der Waals surface area contributed by atoms with Gasteiger partial charge < -0.3 is 9.47 Å². The summed E-state index contributed by atoms with van der Waals surface area (Å²) >= 11 is 0. The van der Waals surface area contributed by atoms with Crippen LogP contribution in [0.4, 0.5) is 0 Å². The minimum absolute atomic E-state index is 0.360. The maximum Gasteiger partial charge on any atom is 0.343 e. The van der Waals surface area contributed by atoms with Crippen LogP contribution in [0.2, 0.25) is 0 Å². The standard InChI is InChI=1S/C33H30O4/c1-5-21-7-11-23(12-8-21)31(34)36-25-15-17-27-28-18-16-26(20-30(28)33(3,4)29(27)19-25)37-32(35)24-13-9-22(6-2)10-14-24/h7-20H,5-6H2,1-4H3. The van der Waals surface area contributed by atoms with Gasteiger partial charge in [0.25, 0.3) is 0 Å². The van der Waals surface area contributed by atoms with Gasteiger partial charge in [-0.05, 0) is 94.8 Å². The van der Waals surface area contributed by atoms with Gasteiger partial charge in [-0.15, -0.1) is 0 Å². The topological polar surface area (TPSA) is 52.6 Å². The lowest BCUT2D eigenvalue weighted by atomic mass is 9.82. The monoisotopic (exact) mass is 490 g/mol. The van der Waals surface area contributed by atoms with Crippen LogP contribution < -0.4 is 9.47 Å². The van der Waals surface area contributed by atoms with E-state index in [-0.39, 0.29) is 17.4 Å². The molecule has 0 spiro atoms. The maximum atomic E-state index is 12.7. The zero-order valence-electron chi connectivity index (χ0n) is 21.6. The minimum Gasteiger partial charge on any atom is -0.423 e. The van der Waals surface area contributed by atoms with E-state index in [4.69, 9.17) is 9.47 Å². The van der Waals surface area contributed by atoms with E-state index in [0.717, 1.165) is 35.1 Å². The Bertz CT molecular complexity index is 1370. The summed E-state index contributed by atoms with van der Waals surface area (Å²) in [6.07, 6.45) is 1.84. The molecule has 0 atom stereocenters. The summed E-state index contributed by atoms with van der Waals surface area (Å²) < 4.78 is 11.4. The Kier molecular flexibility index (Phi) is 6.43. The maximum absolute atomic E-state index is 12.7. The van der Waals surface area contributed by atoms with Crippen molar-refractivity contribution < 1.29 is 19.1 Å². The highest BCUT2D eigenvalue weighted by Crippen LogP contribution is 2.50. The summed E-state index contributed by atoms with van der Waals surface area (Å²) in [6.45, 7) is 8.41. The fraction of sp³-hybridized carbons (Fsp3) is 0.212. The number of hydrogen-bond acceptors (Lipinski definition) is 4. The van der Waals surface area contributed by atoms with Crippen molar-refractivity contribution in [1.29, 1.82) is 0 Å². The summed E-state index contributed by atoms with van der Waals surface area (Å²) in [5.41, 5.74) is 7.33. The molecule has 0 N–H and O–H groups in total. The molecule has 4 aromatic carbocycles. The molecule has 4 nitrogen and oxygen atoms in total. The third kappa shape index (κ3) is 4.67. The number of ether oxygens (including phenoxy) is 2. The molecule has 0 amide bonds. The van der Waals surface area contributed by atoms with E-state index in [2.05, 4.69) is 27.7 Å². The predicted molar refractivity (Wildman–Crippen MR) is 146 cm³/mol. The van der Waals surface area contributed by atoms with E-state index in [1.54, 1.807) is 24.3 Å². The Balaban J connectivity index is 1.37. The molecule has 0 radical (unpaired) electrons. The third-order valence-corrected chi connectivity index (χ3v) is 7.24. The average molecular weight is 491 g/mol. The summed E-state index contributed by atoms with van der Waals surface area (Å²) in [6, 6.07) is 26.5. The van der Waals surface area contributed by atoms with Gasteiger partial charge in [0, 0.05) is 5.41 Å². The first-order valence-corrected chi connectivity index (χ1v) is 12.7. The molecular formula is C33H30O4. The molecule has 0 unspecified atom stereocenters. The number of hydrogen-bond donors (Lipinski definition) is 0. The summed E-state index contributed by atoms with van der Waals surface area (Å²) in [5.74, 6) is 0.256. The number of fused-ring (bicyclic) bond motifs is 3. The Labute approximate surface area is 217 Å². The number of rotatable bonds is 6. The van der Waals surface area contributed by atoms with Crippen LogP contribution in [0.25, 0.3) is 11.1 Å². The first-order chi connectivity index (χ1) is 17.8. The molecule has 0 bridgehead atoms. The molecule has 4 heteroatoms. The van der Waals surface area contributed by atoms with Crippen molar-refractivity contribution in [2.45, 2.75) is 46.0 Å². The molecule has 0 aliphatic heterocycles. The van der Waals surface area contributed by atoms with Crippen molar-refractivity contribution in [3.05, 3.63) is 118 Å². The van der Waals surface area contributed by atoms with Crippen molar-refractivity contribution in [2.75, 3.05) is 0 Å². The zero-order valence-corrected chi connectivity index (χ0v) is 21.6. The van der Waals surface area contributed by atoms with E-state index in [1.165, 1.54) is 11.1 Å². The van der Waals surface area contributed by atoms with Crippen LogP contribution in [-0.4, -0.2) is 11.9 Å². The second-order valence-corrected chi connectivity index (χ2v) is 9.92. The van der Waals surface area contributed by atoms with E-state index >= 15 is 0 Å². The lowest BCUT2D eigenvalue weighted by Gasteiger charge is -2.22. The van der Waals surface area contributed by atoms with Gasteiger partial charge in [0.15, 0.2) is 0 Å². The van der Waals surface area contributed by atoms with E-state index in [9.17, 15) is 9.59 Å². The number of aryl methyl sites for hydroxylation is 2. The number of carbonyl (C=O) groups excluding carboxylic acids is 2. The van der Waals surface area contributed by atoms with Crippen molar-refractivity contribution >= 4 is 11.9 Å². The predicted octanol–water partition coefficient (Wildman–Crippen LogP) is 7.56. The van der Waals surface area contributed by atoms with Crippen molar-refractivity contribution in [1.82, 2.24) is 0 Å². The van der Waals surface area contributed by atoms with Crippen LogP contribution in [0.5, 0.6) is 11.5 Å². The van der Waals surface area contributed by atoms with Crippen LogP contribution in [0.3, 0.4) is 0 Å². The Hall–Kier alpha value is -4.18. The minimum atomic E-state index is -0.378. The molecule has 186 valence electrons. The summed E-state index contributed by atoms with van der Waals surface area (Å²) in [4.78, 5) is 25.4. The lowest BCUT2D eigenvalue weighted by Crippen LogP contribution is -2.16. The lowest BCUT2D eigenvalue weighted by molar-refractivity contribution is 0.0725. The van der Waals surface area contributed by atoms with E-state index in [0.29, 0.717) is 22.6 Å². The van der Waals surface area contributed by atoms with Gasteiger partial charge in [0.2, 0.25) is 0 Å². The van der Waals surface area contributed by atoms with Crippen LogP contribution in [0.1, 0.15) is 70.7 Å². The van der Waals surface area contributed by atoms with Crippen LogP contribution in [0.15, 0.2) is 84.9 Å². The van der Waals surface area contributed by atoms with Crippen molar-refractivity contribution in [3.8, 4) is 22.6 Å². The number of esters is 2. The van der Waals surface area contributed by atoms with E-state index in [1.807, 2.05) is 60.7 Å². The van der Waals surface area contributed by atoms with Crippen molar-refractivity contribution in [2.24, 2.45) is 0 Å². The first-order valence-electron chi connectivity index (χ1n) is 12.7. The second-order valence-electron chi connectivity index (χ2n) is 9.92. The fourth-order valence-corrected chi connectivity index (χ4v) is 4.91. The normalized spacial score (nSPS) is 13.0. The highest BCUT2D eigenvalue weighted by Gasteiger charge is 2.36. The molecule has 4 aromatic rings. The number of benzene rings is 4. The average Bonchev–Trinajstić information content (AvgIpc) is 3.14. The molecular weight excluding hydrogens is 460 g/mol. The van der Waals surface area contributed by atoms with E-state index < -0.39 is 0 Å². The molecule has 0 saturated heterocycles. The Morgan fingerprint density at radius 1 is 0.595 bits per heavy atom. The van der Waals surface area contributed by atoms with Gasteiger partial charge in [-0.1, -0.05) is 64.1 Å². The van der Waals surface area contributed by atoms with Crippen LogP contribution in [0, 0.1) is 0 Å². The van der Waals surface area contributed by atoms with Crippen LogP contribution >= 0.6 is 0 Å². The third-order valence-electron chi connectivity index (χ3n) is 7.24. The van der Waals surface area contributed by atoms with Gasteiger partial charge >= 0.3 is 11.9 Å². The van der Waals surface area contributed by atoms with Gasteiger partial charge in [-0.3, -0.25) is 0 Å². The molecule has 1 aliphatic carbocycles. The highest BCUT2D eigenvalue weighted by atomic mass is 16.5. The quantitative estimate of drug-likeness (QED) is 0.207. The molecule has 5 rings (SSSR count). The van der Waals surface area contributed by atoms with Crippen LogP contribution in [-0.2, 0) is 18.3 Å². The molecule has 0 saturated carbocycles.